The van der Waals surface area contributed by atoms with Crippen LogP contribution in [0.4, 0.5) is 5.82 Å². The number of methoxy groups -OCH3 is 2. The first-order valence-electron chi connectivity index (χ1n) is 12.0. The lowest BCUT2D eigenvalue weighted by Crippen LogP contribution is -2.38. The summed E-state index contributed by atoms with van der Waals surface area (Å²) in [5.74, 6) is 1.17. The fraction of sp³-hybridized carbons (Fsp3) is 0.400. The number of hydrogen-bond acceptors (Lipinski definition) is 8. The summed E-state index contributed by atoms with van der Waals surface area (Å²) in [5, 5.41) is 15.1. The van der Waals surface area contributed by atoms with Crippen LogP contribution in [0.3, 0.4) is 0 Å². The molecule has 11 nitrogen and oxygen atoms in total. The number of hydrogen-bond donors (Lipinski definition) is 3. The monoisotopic (exact) mass is 490 g/mol. The van der Waals surface area contributed by atoms with Gasteiger partial charge in [-0.25, -0.2) is 14.5 Å². The van der Waals surface area contributed by atoms with E-state index in [1.165, 1.54) is 6.33 Å². The number of pyridine rings is 1. The largest absolute Gasteiger partial charge is 0.481 e. The van der Waals surface area contributed by atoms with Crippen molar-refractivity contribution in [2.24, 2.45) is 0 Å². The van der Waals surface area contributed by atoms with E-state index in [4.69, 9.17) is 15.2 Å². The van der Waals surface area contributed by atoms with Crippen LogP contribution < -0.4 is 15.8 Å². The van der Waals surface area contributed by atoms with E-state index in [-0.39, 0.29) is 18.4 Å². The minimum absolute atomic E-state index is 0.0461. The quantitative estimate of drug-likeness (QED) is 0.342. The first-order valence-corrected chi connectivity index (χ1v) is 12.0. The fourth-order valence-electron chi connectivity index (χ4n) is 4.97. The van der Waals surface area contributed by atoms with Gasteiger partial charge in [0.1, 0.15) is 11.8 Å². The number of rotatable bonds is 8. The number of nitrogens with one attached hydrogen (secondary N) is 2. The predicted octanol–water partition coefficient (Wildman–Crippen LogP) is 2.64. The molecule has 1 aliphatic rings. The molecule has 4 N–H and O–H groups in total. The molecule has 0 saturated heterocycles. The van der Waals surface area contributed by atoms with Crippen molar-refractivity contribution in [2.45, 2.75) is 50.7 Å². The number of H-pyrrole nitrogens is 1. The van der Waals surface area contributed by atoms with E-state index in [0.29, 0.717) is 29.7 Å². The zero-order valence-electron chi connectivity index (χ0n) is 20.4. The predicted molar refractivity (Wildman–Crippen MR) is 133 cm³/mol. The highest BCUT2D eigenvalue weighted by Gasteiger charge is 2.26. The lowest BCUT2D eigenvalue weighted by atomic mass is 9.84. The van der Waals surface area contributed by atoms with Gasteiger partial charge in [-0.3, -0.25) is 9.89 Å². The molecule has 0 aliphatic heterocycles. The molecule has 36 heavy (non-hydrogen) atoms. The Bertz CT molecular complexity index is 1360. The van der Waals surface area contributed by atoms with E-state index in [1.54, 1.807) is 24.9 Å². The summed E-state index contributed by atoms with van der Waals surface area (Å²) >= 11 is 0. The van der Waals surface area contributed by atoms with E-state index < -0.39 is 0 Å². The third kappa shape index (κ3) is 4.87. The second-order valence-electron chi connectivity index (χ2n) is 9.09. The van der Waals surface area contributed by atoms with Gasteiger partial charge in [0, 0.05) is 36.9 Å². The van der Waals surface area contributed by atoms with Gasteiger partial charge in [0.25, 0.3) is 0 Å². The Labute approximate surface area is 208 Å². The van der Waals surface area contributed by atoms with Gasteiger partial charge < -0.3 is 20.5 Å². The molecule has 188 valence electrons. The third-order valence-electron chi connectivity index (χ3n) is 6.71. The first kappa shape index (κ1) is 23.7. The van der Waals surface area contributed by atoms with Crippen molar-refractivity contribution in [3.8, 4) is 17.1 Å². The minimum atomic E-state index is -0.0461. The van der Waals surface area contributed by atoms with E-state index in [2.05, 4.69) is 36.6 Å². The molecule has 0 spiro atoms. The maximum Gasteiger partial charge on any atom is 0.224 e. The van der Waals surface area contributed by atoms with Gasteiger partial charge in [0.2, 0.25) is 11.8 Å². The van der Waals surface area contributed by atoms with E-state index in [1.807, 2.05) is 18.2 Å². The Hall–Kier alpha value is -3.99. The zero-order chi connectivity index (χ0) is 25.1. The van der Waals surface area contributed by atoms with Crippen LogP contribution in [0, 0.1) is 0 Å². The lowest BCUT2D eigenvalue weighted by Gasteiger charge is -2.28. The molecule has 4 aromatic rings. The number of aromatic nitrogens is 6. The molecule has 4 aromatic heterocycles. The summed E-state index contributed by atoms with van der Waals surface area (Å²) in [7, 11) is 3.24. The summed E-state index contributed by atoms with van der Waals surface area (Å²) < 4.78 is 12.1. The van der Waals surface area contributed by atoms with Crippen molar-refractivity contribution in [3.05, 3.63) is 53.7 Å². The molecule has 0 aromatic carbocycles. The van der Waals surface area contributed by atoms with Crippen molar-refractivity contribution in [1.29, 1.82) is 0 Å². The van der Waals surface area contributed by atoms with Crippen molar-refractivity contribution in [1.82, 2.24) is 35.1 Å². The van der Waals surface area contributed by atoms with Crippen molar-refractivity contribution < 1.29 is 14.3 Å². The molecular weight excluding hydrogens is 460 g/mol. The zero-order valence-corrected chi connectivity index (χ0v) is 20.4. The van der Waals surface area contributed by atoms with Gasteiger partial charge in [-0.15, -0.1) is 0 Å². The van der Waals surface area contributed by atoms with Crippen LogP contribution in [0.25, 0.3) is 16.8 Å². The van der Waals surface area contributed by atoms with Gasteiger partial charge in [-0.2, -0.15) is 10.2 Å². The van der Waals surface area contributed by atoms with Crippen LogP contribution in [0.2, 0.25) is 0 Å². The molecule has 0 radical (unpaired) electrons. The van der Waals surface area contributed by atoms with Crippen LogP contribution in [-0.2, 0) is 22.6 Å². The van der Waals surface area contributed by atoms with Crippen molar-refractivity contribution >= 4 is 17.2 Å². The molecule has 11 heteroatoms. The van der Waals surface area contributed by atoms with Gasteiger partial charge in [0.05, 0.1) is 37.2 Å². The number of amides is 1. The Kier molecular flexibility index (Phi) is 6.81. The summed E-state index contributed by atoms with van der Waals surface area (Å²) in [6.07, 6.45) is 7.03. The highest BCUT2D eigenvalue weighted by Crippen LogP contribution is 2.33. The highest BCUT2D eigenvalue weighted by molar-refractivity contribution is 5.86. The van der Waals surface area contributed by atoms with E-state index in [0.717, 1.165) is 53.9 Å². The van der Waals surface area contributed by atoms with Gasteiger partial charge >= 0.3 is 0 Å². The average molecular weight is 491 g/mol. The number of anilines is 1. The molecule has 0 atom stereocenters. The first-order chi connectivity index (χ1) is 17.6. The Morgan fingerprint density at radius 3 is 2.81 bits per heavy atom. The number of fused-ring (bicyclic) bond motifs is 1. The number of carbonyl (C=O) groups excluding carboxylic acids is 1. The van der Waals surface area contributed by atoms with E-state index in [9.17, 15) is 4.79 Å². The van der Waals surface area contributed by atoms with Crippen LogP contribution in [0.5, 0.6) is 5.88 Å². The maximum atomic E-state index is 13.0. The summed E-state index contributed by atoms with van der Waals surface area (Å²) in [4.78, 5) is 21.4. The summed E-state index contributed by atoms with van der Waals surface area (Å²) in [5.41, 5.74) is 11.3. The molecule has 1 fully saturated rings. The normalized spacial score (nSPS) is 17.8. The van der Waals surface area contributed by atoms with Gasteiger partial charge in [-0.05, 0) is 49.4 Å². The lowest BCUT2D eigenvalue weighted by molar-refractivity contribution is -0.121. The van der Waals surface area contributed by atoms with E-state index >= 15 is 0 Å². The van der Waals surface area contributed by atoms with Gasteiger partial charge in [0.15, 0.2) is 5.82 Å². The molecule has 5 rings (SSSR count). The summed E-state index contributed by atoms with van der Waals surface area (Å²) in [6.45, 7) is 0.527. The van der Waals surface area contributed by atoms with Crippen LogP contribution in [-0.4, -0.2) is 55.9 Å². The van der Waals surface area contributed by atoms with Crippen LogP contribution in [0.1, 0.15) is 48.6 Å². The summed E-state index contributed by atoms with van der Waals surface area (Å²) in [6, 6.07) is 7.83. The molecule has 1 aliphatic carbocycles. The Balaban J connectivity index is 1.27. The fourth-order valence-corrected chi connectivity index (χ4v) is 4.97. The second-order valence-corrected chi connectivity index (χ2v) is 9.09. The smallest absolute Gasteiger partial charge is 0.224 e. The SMILES string of the molecule is COCc1cc(C2CCC(NC(=O)Cc3cc(-c4ccnc(OC)c4)n4ncnc(N)c34)CC2)n[nH]1. The Morgan fingerprint density at radius 1 is 1.19 bits per heavy atom. The second kappa shape index (κ2) is 10.3. The van der Waals surface area contributed by atoms with Gasteiger partial charge in [-0.1, -0.05) is 0 Å². The number of aromatic amines is 1. The number of nitrogens with two attached hydrogens (primary N) is 1. The van der Waals surface area contributed by atoms with Crippen LogP contribution in [0.15, 0.2) is 36.8 Å². The molecule has 1 saturated carbocycles. The standard InChI is InChI=1S/C25H30N8O3/c1-35-13-19-12-20(32-31-19)15-3-5-18(6-4-15)30-22(34)10-17-9-21(16-7-8-27-23(11-16)36-2)33-24(17)25(26)28-14-29-33/h7-9,11-12,14-15,18H,3-6,10,13H2,1-2H3,(H,30,34)(H,31,32)(H2,26,28,29). The molecule has 1 amide bonds. The highest BCUT2D eigenvalue weighted by atomic mass is 16.5. The maximum absolute atomic E-state index is 13.0. The topological polar surface area (TPSA) is 145 Å². The number of nitrogen functional groups attached to an aromatic ring is 1. The molecule has 0 bridgehead atoms. The minimum Gasteiger partial charge on any atom is -0.481 e. The molecular formula is C25H30N8O3. The third-order valence-corrected chi connectivity index (χ3v) is 6.71. The van der Waals surface area contributed by atoms with Crippen LogP contribution >= 0.6 is 0 Å². The number of ether oxygens (including phenoxy) is 2. The molecule has 4 heterocycles. The van der Waals surface area contributed by atoms with Crippen molar-refractivity contribution in [2.75, 3.05) is 20.0 Å². The Morgan fingerprint density at radius 2 is 2.03 bits per heavy atom. The number of nitrogens with zero attached hydrogens (tertiary/aromatic N) is 5. The number of carbonyl (C=O) groups is 1. The average Bonchev–Trinajstić information content (AvgIpc) is 3.50. The molecule has 0 unspecified atom stereocenters. The van der Waals surface area contributed by atoms with Crippen molar-refractivity contribution in [3.63, 3.8) is 0 Å².